The molecule has 0 aliphatic carbocycles. The number of halogens is 1. The Labute approximate surface area is 166 Å². The van der Waals surface area contributed by atoms with Gasteiger partial charge in [-0.1, -0.05) is 0 Å². The molecule has 0 unspecified atom stereocenters. The maximum Gasteiger partial charge on any atom is 0.305 e. The number of sulfonamides is 1. The fraction of sp³-hybridized carbons (Fsp3) is 0.235. The van der Waals surface area contributed by atoms with Crippen molar-refractivity contribution in [1.29, 1.82) is 0 Å². The van der Waals surface area contributed by atoms with Gasteiger partial charge in [0, 0.05) is 26.2 Å². The topological polar surface area (TPSA) is 128 Å². The van der Waals surface area contributed by atoms with Crippen LogP contribution in [0.4, 0.5) is 15.8 Å². The first-order valence-electron chi connectivity index (χ1n) is 8.03. The average molecular weight is 427 g/mol. The van der Waals surface area contributed by atoms with Crippen molar-refractivity contribution < 1.29 is 32.0 Å². The van der Waals surface area contributed by atoms with Gasteiger partial charge < -0.3 is 14.8 Å². The maximum absolute atomic E-state index is 13.6. The van der Waals surface area contributed by atoms with Crippen molar-refractivity contribution in [3.63, 3.8) is 0 Å². The molecular weight excluding hydrogens is 409 g/mol. The number of amides is 1. The Morgan fingerprint density at radius 3 is 2.48 bits per heavy atom. The van der Waals surface area contributed by atoms with E-state index in [9.17, 15) is 27.7 Å². The minimum absolute atomic E-state index is 0.0584. The summed E-state index contributed by atoms with van der Waals surface area (Å²) in [6.07, 6.45) is 0. The number of nitro groups is 1. The number of hydrogen-bond donors (Lipinski definition) is 1. The molecule has 0 spiro atoms. The zero-order valence-corrected chi connectivity index (χ0v) is 16.5. The second kappa shape index (κ2) is 8.84. The highest BCUT2D eigenvalue weighted by Crippen LogP contribution is 2.28. The van der Waals surface area contributed by atoms with Crippen molar-refractivity contribution >= 4 is 27.3 Å². The predicted octanol–water partition coefficient (Wildman–Crippen LogP) is 2.01. The van der Waals surface area contributed by atoms with Crippen molar-refractivity contribution in [1.82, 2.24) is 4.31 Å². The third kappa shape index (κ3) is 5.18. The molecule has 0 atom stereocenters. The van der Waals surface area contributed by atoms with Gasteiger partial charge in [0.05, 0.1) is 22.6 Å². The van der Waals surface area contributed by atoms with E-state index in [-0.39, 0.29) is 22.1 Å². The normalized spacial score (nSPS) is 11.2. The van der Waals surface area contributed by atoms with E-state index in [1.807, 2.05) is 0 Å². The third-order valence-electron chi connectivity index (χ3n) is 3.71. The highest BCUT2D eigenvalue weighted by Gasteiger charge is 2.20. The van der Waals surface area contributed by atoms with Crippen LogP contribution in [0.5, 0.6) is 11.5 Å². The maximum atomic E-state index is 13.6. The lowest BCUT2D eigenvalue weighted by atomic mass is 10.3. The largest absolute Gasteiger partial charge is 0.495 e. The summed E-state index contributed by atoms with van der Waals surface area (Å²) >= 11 is 0. The van der Waals surface area contributed by atoms with E-state index in [1.165, 1.54) is 39.4 Å². The molecule has 0 fully saturated rings. The molecule has 29 heavy (non-hydrogen) atoms. The van der Waals surface area contributed by atoms with Crippen LogP contribution in [0.1, 0.15) is 0 Å². The van der Waals surface area contributed by atoms with Gasteiger partial charge in [0.2, 0.25) is 15.8 Å². The number of nitrogens with one attached hydrogen (secondary N) is 1. The zero-order chi connectivity index (χ0) is 21.8. The third-order valence-corrected chi connectivity index (χ3v) is 5.52. The Hall–Kier alpha value is -3.25. The van der Waals surface area contributed by atoms with Crippen LogP contribution in [0.25, 0.3) is 0 Å². The lowest BCUT2D eigenvalue weighted by molar-refractivity contribution is -0.387. The van der Waals surface area contributed by atoms with Crippen LogP contribution in [-0.2, 0) is 14.8 Å². The average Bonchev–Trinajstić information content (AvgIpc) is 2.65. The van der Waals surface area contributed by atoms with Crippen LogP contribution in [0.15, 0.2) is 41.3 Å². The summed E-state index contributed by atoms with van der Waals surface area (Å²) in [5, 5.41) is 13.1. The molecule has 0 saturated heterocycles. The van der Waals surface area contributed by atoms with Gasteiger partial charge in [0.15, 0.2) is 6.61 Å². The Bertz CT molecular complexity index is 1040. The van der Waals surface area contributed by atoms with E-state index in [1.54, 1.807) is 0 Å². The van der Waals surface area contributed by atoms with Gasteiger partial charge in [-0.25, -0.2) is 12.7 Å². The number of carbonyl (C=O) groups is 1. The highest BCUT2D eigenvalue weighted by molar-refractivity contribution is 7.89. The number of methoxy groups -OCH3 is 1. The molecule has 0 aliphatic rings. The zero-order valence-electron chi connectivity index (χ0n) is 15.7. The Kier molecular flexibility index (Phi) is 6.72. The van der Waals surface area contributed by atoms with Gasteiger partial charge >= 0.3 is 5.69 Å². The quantitative estimate of drug-likeness (QED) is 0.504. The lowest BCUT2D eigenvalue weighted by Gasteiger charge is -2.15. The monoisotopic (exact) mass is 427 g/mol. The van der Waals surface area contributed by atoms with E-state index < -0.39 is 39.0 Å². The minimum atomic E-state index is -3.73. The number of rotatable bonds is 8. The van der Waals surface area contributed by atoms with Crippen LogP contribution in [-0.4, -0.2) is 51.4 Å². The fourth-order valence-corrected chi connectivity index (χ4v) is 3.15. The molecule has 0 aliphatic heterocycles. The predicted molar refractivity (Wildman–Crippen MR) is 101 cm³/mol. The molecule has 2 aromatic rings. The van der Waals surface area contributed by atoms with Gasteiger partial charge in [-0.05, 0) is 24.3 Å². The highest BCUT2D eigenvalue weighted by atomic mass is 32.2. The summed E-state index contributed by atoms with van der Waals surface area (Å²) in [6, 6.07) is 6.81. The van der Waals surface area contributed by atoms with Crippen LogP contribution in [0.2, 0.25) is 0 Å². The molecule has 156 valence electrons. The SMILES string of the molecule is COc1ccc(S(=O)(=O)N(C)C)cc1NC(=O)COc1ccc([N+](=O)[O-])c(F)c1. The molecular formula is C17H18FN3O7S. The van der Waals surface area contributed by atoms with Gasteiger partial charge in [0.1, 0.15) is 11.5 Å². The van der Waals surface area contributed by atoms with E-state index in [2.05, 4.69) is 5.32 Å². The first kappa shape index (κ1) is 22.0. The smallest absolute Gasteiger partial charge is 0.305 e. The summed E-state index contributed by atoms with van der Waals surface area (Å²) < 4.78 is 49.4. The summed E-state index contributed by atoms with van der Waals surface area (Å²) in [4.78, 5) is 21.8. The van der Waals surface area contributed by atoms with Gasteiger partial charge in [0.25, 0.3) is 5.91 Å². The first-order chi connectivity index (χ1) is 13.6. The fourth-order valence-electron chi connectivity index (χ4n) is 2.22. The summed E-state index contributed by atoms with van der Waals surface area (Å²) in [5.41, 5.74) is -0.621. The molecule has 0 bridgehead atoms. The number of benzene rings is 2. The molecule has 1 amide bonds. The van der Waals surface area contributed by atoms with E-state index in [0.29, 0.717) is 0 Å². The van der Waals surface area contributed by atoms with Gasteiger partial charge in [-0.15, -0.1) is 0 Å². The van der Waals surface area contributed by atoms with Gasteiger partial charge in [-0.2, -0.15) is 4.39 Å². The summed E-state index contributed by atoms with van der Waals surface area (Å²) in [5.74, 6) is -1.64. The molecule has 1 N–H and O–H groups in total. The molecule has 0 radical (unpaired) electrons. The van der Waals surface area contributed by atoms with E-state index in [0.717, 1.165) is 22.5 Å². The molecule has 2 rings (SSSR count). The number of ether oxygens (including phenoxy) is 2. The molecule has 12 heteroatoms. The molecule has 0 heterocycles. The Morgan fingerprint density at radius 1 is 1.24 bits per heavy atom. The Balaban J connectivity index is 2.14. The number of nitro benzene ring substituents is 1. The van der Waals surface area contributed by atoms with Crippen molar-refractivity contribution in [3.05, 3.63) is 52.3 Å². The molecule has 10 nitrogen and oxygen atoms in total. The second-order valence-corrected chi connectivity index (χ2v) is 8.01. The minimum Gasteiger partial charge on any atom is -0.495 e. The first-order valence-corrected chi connectivity index (χ1v) is 9.47. The Morgan fingerprint density at radius 2 is 1.93 bits per heavy atom. The van der Waals surface area contributed by atoms with Crippen LogP contribution in [0, 0.1) is 15.9 Å². The van der Waals surface area contributed by atoms with Crippen LogP contribution >= 0.6 is 0 Å². The van der Waals surface area contributed by atoms with E-state index in [4.69, 9.17) is 9.47 Å². The van der Waals surface area contributed by atoms with Crippen molar-refractivity contribution in [3.8, 4) is 11.5 Å². The second-order valence-electron chi connectivity index (χ2n) is 5.86. The van der Waals surface area contributed by atoms with Gasteiger partial charge in [-0.3, -0.25) is 14.9 Å². The molecule has 0 aromatic heterocycles. The number of hydrogen-bond acceptors (Lipinski definition) is 7. The molecule has 0 saturated carbocycles. The van der Waals surface area contributed by atoms with Crippen molar-refractivity contribution in [2.75, 3.05) is 33.1 Å². The standard InChI is InChI=1S/C17H18FN3O7S/c1-20(2)29(25,26)12-5-7-16(27-3)14(9-12)19-17(22)10-28-11-4-6-15(21(23)24)13(18)8-11/h4-9H,10H2,1-3H3,(H,19,22). The summed E-state index contributed by atoms with van der Waals surface area (Å²) in [7, 11) is 0.356. The van der Waals surface area contributed by atoms with Crippen molar-refractivity contribution in [2.24, 2.45) is 0 Å². The summed E-state index contributed by atoms with van der Waals surface area (Å²) in [6.45, 7) is -0.551. The lowest BCUT2D eigenvalue weighted by Crippen LogP contribution is -2.23. The number of nitrogens with zero attached hydrogens (tertiary/aromatic N) is 2. The number of carbonyl (C=O) groups excluding carboxylic acids is 1. The molecule has 2 aromatic carbocycles. The van der Waals surface area contributed by atoms with E-state index >= 15 is 0 Å². The van der Waals surface area contributed by atoms with Crippen LogP contribution < -0.4 is 14.8 Å². The number of anilines is 1. The van der Waals surface area contributed by atoms with Crippen LogP contribution in [0.3, 0.4) is 0 Å². The van der Waals surface area contributed by atoms with Crippen molar-refractivity contribution in [2.45, 2.75) is 4.90 Å².